The lowest BCUT2D eigenvalue weighted by Gasteiger charge is -2.15. The molecule has 0 aromatic heterocycles. The van der Waals surface area contributed by atoms with Gasteiger partial charge < -0.3 is 11.5 Å². The Morgan fingerprint density at radius 1 is 1.00 bits per heavy atom. The average molecular weight is 233 g/mol. The Bertz CT molecular complexity index is 483. The first-order valence-electron chi connectivity index (χ1n) is 5.04. The fraction of sp³-hybridized carbons (Fsp3) is 0.0769. The Kier molecular flexibility index (Phi) is 3.13. The fourth-order valence-electron chi connectivity index (χ4n) is 1.65. The zero-order chi connectivity index (χ0) is 11.5. The summed E-state index contributed by atoms with van der Waals surface area (Å²) in [5, 5.41) is 0.649. The number of hydrogen-bond donors (Lipinski definition) is 2. The van der Waals surface area contributed by atoms with Gasteiger partial charge in [0, 0.05) is 10.7 Å². The molecule has 0 bridgehead atoms. The number of benzene rings is 2. The van der Waals surface area contributed by atoms with Gasteiger partial charge in [-0.2, -0.15) is 0 Å². The van der Waals surface area contributed by atoms with Gasteiger partial charge in [0.15, 0.2) is 0 Å². The first-order chi connectivity index (χ1) is 7.68. The molecule has 0 aliphatic rings. The number of nitrogens with two attached hydrogens (primary N) is 2. The fourth-order valence-corrected chi connectivity index (χ4v) is 1.84. The summed E-state index contributed by atoms with van der Waals surface area (Å²) >= 11 is 5.94. The number of halogens is 1. The minimum Gasteiger partial charge on any atom is -0.398 e. The molecule has 0 spiro atoms. The molecule has 0 amide bonds. The SMILES string of the molecule is Nc1ccc(Cl)cc1C(N)c1ccccc1. The smallest absolute Gasteiger partial charge is 0.0572 e. The van der Waals surface area contributed by atoms with E-state index in [1.165, 1.54) is 0 Å². The maximum atomic E-state index is 6.15. The molecule has 0 aliphatic carbocycles. The normalized spacial score (nSPS) is 12.4. The number of anilines is 1. The minimum absolute atomic E-state index is 0.236. The molecule has 0 heterocycles. The molecule has 0 saturated heterocycles. The highest BCUT2D eigenvalue weighted by atomic mass is 35.5. The van der Waals surface area contributed by atoms with Crippen molar-refractivity contribution in [3.63, 3.8) is 0 Å². The van der Waals surface area contributed by atoms with Crippen LogP contribution in [0.5, 0.6) is 0 Å². The Labute approximate surface area is 99.8 Å². The predicted molar refractivity (Wildman–Crippen MR) is 68.3 cm³/mol. The largest absolute Gasteiger partial charge is 0.398 e. The minimum atomic E-state index is -0.236. The second kappa shape index (κ2) is 4.56. The molecular weight excluding hydrogens is 220 g/mol. The molecule has 3 heteroatoms. The van der Waals surface area contributed by atoms with Crippen LogP contribution in [-0.4, -0.2) is 0 Å². The molecule has 1 atom stereocenters. The molecule has 0 radical (unpaired) electrons. The van der Waals surface area contributed by atoms with Crippen LogP contribution in [0.4, 0.5) is 5.69 Å². The van der Waals surface area contributed by atoms with Gasteiger partial charge in [-0.05, 0) is 29.3 Å². The molecule has 2 rings (SSSR count). The maximum Gasteiger partial charge on any atom is 0.0572 e. The number of nitrogen functional groups attached to an aromatic ring is 1. The van der Waals surface area contributed by atoms with Crippen molar-refractivity contribution in [2.24, 2.45) is 5.73 Å². The highest BCUT2D eigenvalue weighted by Crippen LogP contribution is 2.27. The second-order valence-corrected chi connectivity index (χ2v) is 4.10. The molecule has 2 nitrogen and oxygen atoms in total. The quantitative estimate of drug-likeness (QED) is 0.783. The molecular formula is C13H13ClN2. The molecule has 2 aromatic rings. The van der Waals surface area contributed by atoms with E-state index < -0.39 is 0 Å². The van der Waals surface area contributed by atoms with Gasteiger partial charge >= 0.3 is 0 Å². The van der Waals surface area contributed by atoms with Crippen molar-refractivity contribution in [2.45, 2.75) is 6.04 Å². The van der Waals surface area contributed by atoms with Gasteiger partial charge in [0.1, 0.15) is 0 Å². The van der Waals surface area contributed by atoms with E-state index in [1.54, 1.807) is 12.1 Å². The zero-order valence-corrected chi connectivity index (χ0v) is 9.48. The topological polar surface area (TPSA) is 52.0 Å². The molecule has 1 unspecified atom stereocenters. The summed E-state index contributed by atoms with van der Waals surface area (Å²) in [7, 11) is 0. The third kappa shape index (κ3) is 2.18. The van der Waals surface area contributed by atoms with Gasteiger partial charge in [0.25, 0.3) is 0 Å². The lowest BCUT2D eigenvalue weighted by Crippen LogP contribution is -2.13. The van der Waals surface area contributed by atoms with E-state index in [2.05, 4.69) is 0 Å². The van der Waals surface area contributed by atoms with Gasteiger partial charge in [-0.3, -0.25) is 0 Å². The average Bonchev–Trinajstić information content (AvgIpc) is 2.32. The summed E-state index contributed by atoms with van der Waals surface area (Å²) in [5.74, 6) is 0. The molecule has 0 fully saturated rings. The van der Waals surface area contributed by atoms with Gasteiger partial charge in [-0.1, -0.05) is 41.9 Å². The number of hydrogen-bond acceptors (Lipinski definition) is 2. The van der Waals surface area contributed by atoms with E-state index in [0.29, 0.717) is 10.7 Å². The third-order valence-corrected chi connectivity index (χ3v) is 2.78. The third-order valence-electron chi connectivity index (χ3n) is 2.54. The lowest BCUT2D eigenvalue weighted by molar-refractivity contribution is 0.875. The van der Waals surface area contributed by atoms with Crippen LogP contribution in [0, 0.1) is 0 Å². The zero-order valence-electron chi connectivity index (χ0n) is 8.73. The van der Waals surface area contributed by atoms with Crippen molar-refractivity contribution in [1.29, 1.82) is 0 Å². The highest BCUT2D eigenvalue weighted by molar-refractivity contribution is 6.30. The Morgan fingerprint density at radius 2 is 1.69 bits per heavy atom. The predicted octanol–water partition coefficient (Wildman–Crippen LogP) is 2.97. The van der Waals surface area contributed by atoms with Crippen LogP contribution in [0.2, 0.25) is 5.02 Å². The first kappa shape index (κ1) is 11.0. The van der Waals surface area contributed by atoms with Crippen LogP contribution in [0.25, 0.3) is 0 Å². The van der Waals surface area contributed by atoms with E-state index in [9.17, 15) is 0 Å². The summed E-state index contributed by atoms with van der Waals surface area (Å²) in [4.78, 5) is 0. The van der Waals surface area contributed by atoms with E-state index in [0.717, 1.165) is 11.1 Å². The van der Waals surface area contributed by atoms with Crippen molar-refractivity contribution >= 4 is 17.3 Å². The van der Waals surface area contributed by atoms with Crippen molar-refractivity contribution in [2.75, 3.05) is 5.73 Å². The molecule has 4 N–H and O–H groups in total. The van der Waals surface area contributed by atoms with Gasteiger partial charge in [0.05, 0.1) is 6.04 Å². The summed E-state index contributed by atoms with van der Waals surface area (Å²) < 4.78 is 0. The summed E-state index contributed by atoms with van der Waals surface area (Å²) in [5.41, 5.74) is 14.6. The maximum absolute atomic E-state index is 6.15. The summed E-state index contributed by atoms with van der Waals surface area (Å²) in [6.45, 7) is 0. The van der Waals surface area contributed by atoms with E-state index in [4.69, 9.17) is 23.1 Å². The Hall–Kier alpha value is -1.51. The van der Waals surface area contributed by atoms with E-state index in [-0.39, 0.29) is 6.04 Å². The van der Waals surface area contributed by atoms with Crippen molar-refractivity contribution < 1.29 is 0 Å². The molecule has 16 heavy (non-hydrogen) atoms. The second-order valence-electron chi connectivity index (χ2n) is 3.66. The van der Waals surface area contributed by atoms with Crippen LogP contribution in [-0.2, 0) is 0 Å². The van der Waals surface area contributed by atoms with E-state index >= 15 is 0 Å². The standard InChI is InChI=1S/C13H13ClN2/c14-10-6-7-12(15)11(8-10)13(16)9-4-2-1-3-5-9/h1-8,13H,15-16H2. The Balaban J connectivity index is 2.41. The van der Waals surface area contributed by atoms with Gasteiger partial charge in [0.2, 0.25) is 0 Å². The molecule has 0 aliphatic heterocycles. The van der Waals surface area contributed by atoms with Crippen LogP contribution in [0.1, 0.15) is 17.2 Å². The van der Waals surface area contributed by atoms with Crippen LogP contribution >= 0.6 is 11.6 Å². The summed E-state index contributed by atoms with van der Waals surface area (Å²) in [6.07, 6.45) is 0. The van der Waals surface area contributed by atoms with Gasteiger partial charge in [-0.25, -0.2) is 0 Å². The van der Waals surface area contributed by atoms with Crippen LogP contribution < -0.4 is 11.5 Å². The Morgan fingerprint density at radius 3 is 2.38 bits per heavy atom. The lowest BCUT2D eigenvalue weighted by atomic mass is 9.98. The first-order valence-corrected chi connectivity index (χ1v) is 5.42. The molecule has 82 valence electrons. The molecule has 0 saturated carbocycles. The van der Waals surface area contributed by atoms with E-state index in [1.807, 2.05) is 36.4 Å². The van der Waals surface area contributed by atoms with Crippen molar-refractivity contribution in [3.8, 4) is 0 Å². The summed E-state index contributed by atoms with van der Waals surface area (Å²) in [6, 6.07) is 14.9. The van der Waals surface area contributed by atoms with Crippen LogP contribution in [0.3, 0.4) is 0 Å². The van der Waals surface area contributed by atoms with Gasteiger partial charge in [-0.15, -0.1) is 0 Å². The van der Waals surface area contributed by atoms with Crippen molar-refractivity contribution in [1.82, 2.24) is 0 Å². The highest BCUT2D eigenvalue weighted by Gasteiger charge is 2.11. The van der Waals surface area contributed by atoms with Crippen molar-refractivity contribution in [3.05, 3.63) is 64.7 Å². The monoisotopic (exact) mass is 232 g/mol. The van der Waals surface area contributed by atoms with Crippen LogP contribution in [0.15, 0.2) is 48.5 Å². The molecule has 2 aromatic carbocycles. The number of rotatable bonds is 2.